The Bertz CT molecular complexity index is 954. The Kier molecular flexibility index (Phi) is 6.14. The van der Waals surface area contributed by atoms with Gasteiger partial charge in [-0.25, -0.2) is 0 Å². The number of anilines is 1. The van der Waals surface area contributed by atoms with Crippen LogP contribution in [0.3, 0.4) is 0 Å². The Hall–Kier alpha value is -2.67. The zero-order chi connectivity index (χ0) is 20.3. The van der Waals surface area contributed by atoms with Gasteiger partial charge < -0.3 is 10.2 Å². The molecule has 148 valence electrons. The number of benzene rings is 1. The number of nitrogens with zero attached hydrogens (tertiary/aromatic N) is 5. The van der Waals surface area contributed by atoms with Gasteiger partial charge in [-0.3, -0.25) is 9.36 Å². The molecule has 3 aromatic rings. The highest BCUT2D eigenvalue weighted by Gasteiger charge is 2.15. The molecule has 6 nitrogen and oxygen atoms in total. The number of aromatic nitrogens is 4. The van der Waals surface area contributed by atoms with E-state index in [9.17, 15) is 0 Å². The van der Waals surface area contributed by atoms with Gasteiger partial charge >= 0.3 is 0 Å². The van der Waals surface area contributed by atoms with Gasteiger partial charge in [0.1, 0.15) is 0 Å². The summed E-state index contributed by atoms with van der Waals surface area (Å²) in [6.45, 7) is 10.5. The molecule has 0 aliphatic carbocycles. The maximum Gasteiger partial charge on any atom is 0.173 e. The summed E-state index contributed by atoms with van der Waals surface area (Å²) < 4.78 is 3.94. The summed E-state index contributed by atoms with van der Waals surface area (Å²) in [6.07, 6.45) is 1.99. The lowest BCUT2D eigenvalue weighted by Crippen LogP contribution is -2.31. The van der Waals surface area contributed by atoms with Gasteiger partial charge in [0, 0.05) is 19.8 Å². The Labute approximate surface area is 172 Å². The van der Waals surface area contributed by atoms with Gasteiger partial charge in [0.05, 0.1) is 35.9 Å². The standard InChI is InChI=1S/C21H28N6S/c1-6-26-12-11-19(24-26)14-25(5)21(28)22-20-16(3)23-27(17(20)4)13-18-9-7-15(2)8-10-18/h7-12H,6,13-14H2,1-5H3,(H,22,28). The molecular formula is C21H28N6S. The summed E-state index contributed by atoms with van der Waals surface area (Å²) in [7, 11) is 1.97. The van der Waals surface area contributed by atoms with Gasteiger partial charge in [0.25, 0.3) is 0 Å². The molecule has 0 fully saturated rings. The van der Waals surface area contributed by atoms with Crippen LogP contribution >= 0.6 is 12.2 Å². The van der Waals surface area contributed by atoms with Crippen LogP contribution in [0.25, 0.3) is 0 Å². The maximum atomic E-state index is 5.61. The lowest BCUT2D eigenvalue weighted by atomic mass is 10.1. The molecule has 0 saturated heterocycles. The minimum Gasteiger partial charge on any atom is -0.346 e. The second-order valence-electron chi connectivity index (χ2n) is 7.14. The highest BCUT2D eigenvalue weighted by atomic mass is 32.1. The molecule has 0 unspecified atom stereocenters. The van der Waals surface area contributed by atoms with Crippen molar-refractivity contribution in [3.8, 4) is 0 Å². The molecule has 7 heteroatoms. The second kappa shape index (κ2) is 8.56. The van der Waals surface area contributed by atoms with Crippen molar-refractivity contribution in [3.05, 3.63) is 64.7 Å². The highest BCUT2D eigenvalue weighted by molar-refractivity contribution is 7.80. The Morgan fingerprint density at radius 3 is 2.46 bits per heavy atom. The molecule has 0 amide bonds. The van der Waals surface area contributed by atoms with E-state index in [1.807, 2.05) is 40.5 Å². The average Bonchev–Trinajstić information content (AvgIpc) is 3.23. The lowest BCUT2D eigenvalue weighted by molar-refractivity contribution is 0.492. The first-order valence-electron chi connectivity index (χ1n) is 9.51. The summed E-state index contributed by atoms with van der Waals surface area (Å²) >= 11 is 5.61. The van der Waals surface area contributed by atoms with Gasteiger partial charge in [0.2, 0.25) is 0 Å². The monoisotopic (exact) mass is 396 g/mol. The summed E-state index contributed by atoms with van der Waals surface area (Å²) in [5.41, 5.74) is 6.48. The van der Waals surface area contributed by atoms with Crippen LogP contribution in [0.1, 0.15) is 35.1 Å². The smallest absolute Gasteiger partial charge is 0.173 e. The van der Waals surface area contributed by atoms with Crippen LogP contribution in [0.2, 0.25) is 0 Å². The molecule has 1 N–H and O–H groups in total. The molecule has 2 heterocycles. The zero-order valence-corrected chi connectivity index (χ0v) is 18.0. The van der Waals surface area contributed by atoms with Crippen LogP contribution in [-0.2, 0) is 19.6 Å². The number of aryl methyl sites for hydroxylation is 3. The Balaban J connectivity index is 1.68. The number of thiocarbonyl (C=S) groups is 1. The number of hydrogen-bond donors (Lipinski definition) is 1. The van der Waals surface area contributed by atoms with Crippen molar-refractivity contribution in [1.29, 1.82) is 0 Å². The van der Waals surface area contributed by atoms with Crippen LogP contribution in [-0.4, -0.2) is 36.6 Å². The van der Waals surface area contributed by atoms with E-state index in [4.69, 9.17) is 17.3 Å². The van der Waals surface area contributed by atoms with E-state index in [1.165, 1.54) is 11.1 Å². The molecule has 0 aliphatic rings. The molecule has 0 bridgehead atoms. The van der Waals surface area contributed by atoms with E-state index in [0.29, 0.717) is 11.7 Å². The van der Waals surface area contributed by atoms with Crippen LogP contribution in [0.5, 0.6) is 0 Å². The third-order valence-corrected chi connectivity index (χ3v) is 5.25. The molecule has 0 atom stereocenters. The minimum absolute atomic E-state index is 0.659. The fourth-order valence-corrected chi connectivity index (χ4v) is 3.25. The van der Waals surface area contributed by atoms with Crippen molar-refractivity contribution in [1.82, 2.24) is 24.5 Å². The number of nitrogens with one attached hydrogen (secondary N) is 1. The quantitative estimate of drug-likeness (QED) is 0.641. The Morgan fingerprint density at radius 2 is 1.82 bits per heavy atom. The van der Waals surface area contributed by atoms with Crippen LogP contribution in [0, 0.1) is 20.8 Å². The van der Waals surface area contributed by atoms with Crippen molar-refractivity contribution >= 4 is 23.0 Å². The highest BCUT2D eigenvalue weighted by Crippen LogP contribution is 2.21. The maximum absolute atomic E-state index is 5.61. The van der Waals surface area contributed by atoms with Crippen LogP contribution in [0.4, 0.5) is 5.69 Å². The number of hydrogen-bond acceptors (Lipinski definition) is 3. The largest absolute Gasteiger partial charge is 0.346 e. The van der Waals surface area contributed by atoms with Crippen molar-refractivity contribution in [3.63, 3.8) is 0 Å². The fourth-order valence-electron chi connectivity index (χ4n) is 3.08. The summed E-state index contributed by atoms with van der Waals surface area (Å²) in [5.74, 6) is 0. The molecule has 2 aromatic heterocycles. The second-order valence-corrected chi connectivity index (χ2v) is 7.52. The molecule has 0 saturated carbocycles. The first-order valence-corrected chi connectivity index (χ1v) is 9.92. The normalized spacial score (nSPS) is 10.9. The van der Waals surface area contributed by atoms with Crippen molar-refractivity contribution in [2.24, 2.45) is 0 Å². The van der Waals surface area contributed by atoms with Crippen LogP contribution < -0.4 is 5.32 Å². The van der Waals surface area contributed by atoms with Gasteiger partial charge in [-0.15, -0.1) is 0 Å². The molecule has 0 radical (unpaired) electrons. The third kappa shape index (κ3) is 4.59. The van der Waals surface area contributed by atoms with Crippen molar-refractivity contribution in [2.75, 3.05) is 12.4 Å². The Morgan fingerprint density at radius 1 is 1.11 bits per heavy atom. The van der Waals surface area contributed by atoms with Gasteiger partial charge in [-0.1, -0.05) is 29.8 Å². The van der Waals surface area contributed by atoms with Crippen molar-refractivity contribution in [2.45, 2.75) is 47.3 Å². The molecular weight excluding hydrogens is 368 g/mol. The summed E-state index contributed by atoms with van der Waals surface area (Å²) in [6, 6.07) is 10.6. The first kappa shape index (κ1) is 20.1. The topological polar surface area (TPSA) is 50.9 Å². The zero-order valence-electron chi connectivity index (χ0n) is 17.2. The molecule has 3 rings (SSSR count). The SMILES string of the molecule is CCn1ccc(CN(C)C(=S)Nc2c(C)nn(Cc3ccc(C)cc3)c2C)n1. The van der Waals surface area contributed by atoms with Gasteiger partial charge in [-0.2, -0.15) is 10.2 Å². The molecule has 0 spiro atoms. The number of rotatable bonds is 6. The van der Waals surface area contributed by atoms with E-state index < -0.39 is 0 Å². The van der Waals surface area contributed by atoms with Crippen molar-refractivity contribution < 1.29 is 0 Å². The molecule has 1 aromatic carbocycles. The average molecular weight is 397 g/mol. The minimum atomic E-state index is 0.659. The van der Waals surface area contributed by atoms with Crippen LogP contribution in [0.15, 0.2) is 36.5 Å². The predicted octanol–water partition coefficient (Wildman–Crippen LogP) is 3.90. The van der Waals surface area contributed by atoms with Gasteiger partial charge in [-0.05, 0) is 51.5 Å². The summed E-state index contributed by atoms with van der Waals surface area (Å²) in [4.78, 5) is 1.99. The lowest BCUT2D eigenvalue weighted by Gasteiger charge is -2.20. The summed E-state index contributed by atoms with van der Waals surface area (Å²) in [5, 5.41) is 13.3. The third-order valence-electron chi connectivity index (χ3n) is 4.83. The predicted molar refractivity (Wildman–Crippen MR) is 118 cm³/mol. The first-order chi connectivity index (χ1) is 13.4. The molecule has 28 heavy (non-hydrogen) atoms. The van der Waals surface area contributed by atoms with E-state index in [2.05, 4.69) is 55.5 Å². The van der Waals surface area contributed by atoms with E-state index in [1.54, 1.807) is 0 Å². The van der Waals surface area contributed by atoms with E-state index in [-0.39, 0.29) is 0 Å². The fraction of sp³-hybridized carbons (Fsp3) is 0.381. The van der Waals surface area contributed by atoms with E-state index >= 15 is 0 Å². The van der Waals surface area contributed by atoms with E-state index in [0.717, 1.165) is 35.9 Å². The molecule has 0 aliphatic heterocycles. The van der Waals surface area contributed by atoms with Gasteiger partial charge in [0.15, 0.2) is 5.11 Å².